The summed E-state index contributed by atoms with van der Waals surface area (Å²) in [4.78, 5) is 53.6. The first-order valence-corrected chi connectivity index (χ1v) is 12.5. The van der Waals surface area contributed by atoms with Crippen molar-refractivity contribution < 1.29 is 33.7 Å². The summed E-state index contributed by atoms with van der Waals surface area (Å²) in [5, 5.41) is 16.7. The lowest BCUT2D eigenvalue weighted by Gasteiger charge is -2.19. The minimum absolute atomic E-state index is 0.0705. The molecule has 40 heavy (non-hydrogen) atoms. The highest BCUT2D eigenvalue weighted by atomic mass is 16.6. The van der Waals surface area contributed by atoms with E-state index in [9.17, 15) is 14.4 Å². The lowest BCUT2D eigenvalue weighted by molar-refractivity contribution is -0.118. The predicted octanol–water partition coefficient (Wildman–Crippen LogP) is 1.42. The van der Waals surface area contributed by atoms with Gasteiger partial charge >= 0.3 is 12.2 Å². The third kappa shape index (κ3) is 6.68. The van der Waals surface area contributed by atoms with Crippen LogP contribution in [0.5, 0.6) is 11.6 Å². The van der Waals surface area contributed by atoms with Crippen LogP contribution in [0.25, 0.3) is 11.4 Å². The summed E-state index contributed by atoms with van der Waals surface area (Å²) in [6.07, 6.45) is 0.238. The number of pyridine rings is 2. The monoisotopic (exact) mass is 550 g/mol. The van der Waals surface area contributed by atoms with Crippen LogP contribution in [0.3, 0.4) is 0 Å². The summed E-state index contributed by atoms with van der Waals surface area (Å²) < 4.78 is 16.3. The van der Waals surface area contributed by atoms with Crippen LogP contribution < -0.4 is 30.3 Å². The Morgan fingerprint density at radius 2 is 2.00 bits per heavy atom. The molecular weight excluding hydrogens is 524 g/mol. The SMILES string of the molecule is O=C(O)NCCOc1cccc(-c2ccnc(CNCCC3CN(c4ccc5c(n4)NC(=O)CO5)C(=O)O3)n2)n1. The summed E-state index contributed by atoms with van der Waals surface area (Å²) in [7, 11) is 0. The number of hydrogen-bond acceptors (Lipinski definition) is 11. The Morgan fingerprint density at radius 3 is 2.88 bits per heavy atom. The van der Waals surface area contributed by atoms with E-state index in [1.807, 2.05) is 0 Å². The number of anilines is 2. The molecule has 1 atom stereocenters. The van der Waals surface area contributed by atoms with Crippen LogP contribution in [0, 0.1) is 0 Å². The highest BCUT2D eigenvalue weighted by Gasteiger charge is 2.33. The average molecular weight is 551 g/mol. The maximum atomic E-state index is 12.4. The number of cyclic esters (lactones) is 1. The average Bonchev–Trinajstić information content (AvgIpc) is 3.33. The van der Waals surface area contributed by atoms with Crippen molar-refractivity contribution in [1.29, 1.82) is 0 Å². The first-order valence-electron chi connectivity index (χ1n) is 12.5. The van der Waals surface area contributed by atoms with Gasteiger partial charge in [-0.05, 0) is 37.2 Å². The quantitative estimate of drug-likeness (QED) is 0.252. The molecule has 0 saturated carbocycles. The van der Waals surface area contributed by atoms with Gasteiger partial charge in [0.05, 0.1) is 31.0 Å². The zero-order valence-electron chi connectivity index (χ0n) is 21.2. The van der Waals surface area contributed by atoms with Crippen LogP contribution in [-0.2, 0) is 16.1 Å². The van der Waals surface area contributed by atoms with E-state index in [4.69, 9.17) is 19.3 Å². The molecule has 208 valence electrons. The molecule has 0 aromatic carbocycles. The summed E-state index contributed by atoms with van der Waals surface area (Å²) in [5.41, 5.74) is 1.20. The van der Waals surface area contributed by atoms with Gasteiger partial charge in [-0.1, -0.05) is 6.07 Å². The van der Waals surface area contributed by atoms with Crippen molar-refractivity contribution in [3.05, 3.63) is 48.4 Å². The first-order chi connectivity index (χ1) is 19.4. The molecule has 5 heterocycles. The second-order valence-electron chi connectivity index (χ2n) is 8.73. The molecule has 0 bridgehead atoms. The second kappa shape index (κ2) is 12.2. The van der Waals surface area contributed by atoms with Gasteiger partial charge in [-0.15, -0.1) is 0 Å². The number of carbonyl (C=O) groups excluding carboxylic acids is 2. The maximum absolute atomic E-state index is 12.4. The van der Waals surface area contributed by atoms with Crippen molar-refractivity contribution in [3.63, 3.8) is 0 Å². The number of nitrogens with zero attached hydrogens (tertiary/aromatic N) is 5. The van der Waals surface area contributed by atoms with Gasteiger partial charge in [0.2, 0.25) is 5.88 Å². The molecule has 15 nitrogen and oxygen atoms in total. The van der Waals surface area contributed by atoms with Crippen LogP contribution in [-0.4, -0.2) is 82.1 Å². The smallest absolute Gasteiger partial charge is 0.415 e. The van der Waals surface area contributed by atoms with E-state index in [1.54, 1.807) is 42.6 Å². The van der Waals surface area contributed by atoms with Gasteiger partial charge in [-0.2, -0.15) is 0 Å². The lowest BCUT2D eigenvalue weighted by Crippen LogP contribution is -2.29. The Hall–Kier alpha value is -5.05. The van der Waals surface area contributed by atoms with Gasteiger partial charge in [-0.25, -0.2) is 29.5 Å². The molecule has 1 fully saturated rings. The Morgan fingerprint density at radius 1 is 1.12 bits per heavy atom. The van der Waals surface area contributed by atoms with Crippen molar-refractivity contribution in [2.24, 2.45) is 0 Å². The number of carbonyl (C=O) groups is 3. The lowest BCUT2D eigenvalue weighted by atomic mass is 10.2. The fraction of sp³-hybridized carbons (Fsp3) is 0.320. The van der Waals surface area contributed by atoms with Crippen LogP contribution in [0.2, 0.25) is 0 Å². The highest BCUT2D eigenvalue weighted by molar-refractivity contribution is 5.95. The molecule has 3 amide bonds. The normalized spacial score (nSPS) is 16.0. The van der Waals surface area contributed by atoms with E-state index >= 15 is 0 Å². The molecule has 2 aliphatic rings. The number of carboxylic acid groups (broad SMARTS) is 1. The van der Waals surface area contributed by atoms with E-state index in [0.29, 0.717) is 60.7 Å². The topological polar surface area (TPSA) is 190 Å². The van der Waals surface area contributed by atoms with Crippen molar-refractivity contribution in [1.82, 2.24) is 30.6 Å². The van der Waals surface area contributed by atoms with E-state index < -0.39 is 12.2 Å². The number of amides is 3. The van der Waals surface area contributed by atoms with Crippen LogP contribution in [0.1, 0.15) is 12.2 Å². The second-order valence-corrected chi connectivity index (χ2v) is 8.73. The number of rotatable bonds is 11. The molecule has 0 aliphatic carbocycles. The van der Waals surface area contributed by atoms with Gasteiger partial charge < -0.3 is 35.3 Å². The number of ether oxygens (including phenoxy) is 3. The molecule has 0 spiro atoms. The summed E-state index contributed by atoms with van der Waals surface area (Å²) in [6, 6.07) is 10.3. The van der Waals surface area contributed by atoms with Gasteiger partial charge in [0.25, 0.3) is 5.91 Å². The van der Waals surface area contributed by atoms with Gasteiger partial charge in [0, 0.05) is 12.3 Å². The standard InChI is InChI=1S/C25H26N8O7/c34-21-14-39-18-4-5-20(31-23(18)32-21)33-13-15(40-25(33)37)6-8-26-12-19-27-9-7-17(29-19)16-2-1-3-22(30-16)38-11-10-28-24(35)36/h1-5,7,9,15,26,28H,6,8,10-14H2,(H,35,36)(H,31,32,34). The zero-order valence-corrected chi connectivity index (χ0v) is 21.2. The fourth-order valence-electron chi connectivity index (χ4n) is 4.00. The predicted molar refractivity (Wildman–Crippen MR) is 139 cm³/mol. The summed E-state index contributed by atoms with van der Waals surface area (Å²) in [6.45, 7) is 1.48. The molecular formula is C25H26N8O7. The number of nitrogens with one attached hydrogen (secondary N) is 3. The minimum Gasteiger partial charge on any atom is -0.480 e. The largest absolute Gasteiger partial charge is 0.480 e. The molecule has 15 heteroatoms. The molecule has 5 rings (SSSR count). The first kappa shape index (κ1) is 26.6. The molecule has 3 aromatic heterocycles. The minimum atomic E-state index is -1.12. The van der Waals surface area contributed by atoms with Crippen LogP contribution in [0.15, 0.2) is 42.6 Å². The van der Waals surface area contributed by atoms with E-state index in [-0.39, 0.29) is 37.6 Å². The maximum Gasteiger partial charge on any atom is 0.415 e. The van der Waals surface area contributed by atoms with E-state index in [0.717, 1.165) is 0 Å². The summed E-state index contributed by atoms with van der Waals surface area (Å²) in [5.74, 6) is 1.70. The molecule has 0 radical (unpaired) electrons. The molecule has 4 N–H and O–H groups in total. The Labute approximate surface area is 227 Å². The number of hydrogen-bond donors (Lipinski definition) is 4. The molecule has 2 aliphatic heterocycles. The number of fused-ring (bicyclic) bond motifs is 1. The van der Waals surface area contributed by atoms with Crippen LogP contribution in [0.4, 0.5) is 21.2 Å². The van der Waals surface area contributed by atoms with Gasteiger partial charge in [-0.3, -0.25) is 9.69 Å². The highest BCUT2D eigenvalue weighted by Crippen LogP contribution is 2.30. The Kier molecular flexibility index (Phi) is 8.10. The molecule has 3 aromatic rings. The Balaban J connectivity index is 1.10. The van der Waals surface area contributed by atoms with Crippen molar-refractivity contribution >= 4 is 29.7 Å². The van der Waals surface area contributed by atoms with Gasteiger partial charge in [0.15, 0.2) is 18.2 Å². The van der Waals surface area contributed by atoms with Crippen molar-refractivity contribution in [3.8, 4) is 23.0 Å². The van der Waals surface area contributed by atoms with E-state index in [2.05, 4.69) is 35.9 Å². The third-order valence-electron chi connectivity index (χ3n) is 5.86. The molecule has 1 unspecified atom stereocenters. The van der Waals surface area contributed by atoms with Crippen molar-refractivity contribution in [2.75, 3.05) is 43.1 Å². The molecule has 1 saturated heterocycles. The Bertz CT molecular complexity index is 1410. The fourth-order valence-corrected chi connectivity index (χ4v) is 4.00. The zero-order chi connectivity index (χ0) is 27.9. The van der Waals surface area contributed by atoms with Gasteiger partial charge in [0.1, 0.15) is 24.4 Å². The van der Waals surface area contributed by atoms with Crippen molar-refractivity contribution in [2.45, 2.75) is 19.1 Å². The van der Waals surface area contributed by atoms with E-state index in [1.165, 1.54) is 4.90 Å². The third-order valence-corrected chi connectivity index (χ3v) is 5.86. The number of aromatic nitrogens is 4. The summed E-state index contributed by atoms with van der Waals surface area (Å²) >= 11 is 0. The van der Waals surface area contributed by atoms with Crippen LogP contribution >= 0.6 is 0 Å².